The molecule has 0 radical (unpaired) electrons. The van der Waals surface area contributed by atoms with E-state index in [-0.39, 0.29) is 11.9 Å². The fourth-order valence-electron chi connectivity index (χ4n) is 1.23. The molecule has 0 bridgehead atoms. The normalized spacial score (nSPS) is 16.4. The lowest BCUT2D eigenvalue weighted by molar-refractivity contribution is -0.137. The predicted octanol–water partition coefficient (Wildman–Crippen LogP) is 2.24. The molecule has 0 aliphatic heterocycles. The van der Waals surface area contributed by atoms with E-state index in [1.165, 1.54) is 6.08 Å². The van der Waals surface area contributed by atoms with Crippen LogP contribution in [-0.2, 0) is 9.53 Å². The van der Waals surface area contributed by atoms with Gasteiger partial charge in [0.2, 0.25) is 0 Å². The first kappa shape index (κ1) is 13.8. The maximum absolute atomic E-state index is 11.1. The van der Waals surface area contributed by atoms with Crippen LogP contribution in [0.4, 0.5) is 0 Å². The number of hydrogen-bond donors (Lipinski definition) is 1. The van der Waals surface area contributed by atoms with Gasteiger partial charge in [-0.25, -0.2) is 4.79 Å². The van der Waals surface area contributed by atoms with Crippen LogP contribution in [-0.4, -0.2) is 12.6 Å². The standard InChI is InChI=1S/C12H21NO2/c1-5-7-9(3)10(4)11(13)8-12(14)15-6-2/h5,7-10H,6,13H2,1-4H3/b7-5+,11-8-. The maximum Gasteiger partial charge on any atom is 0.332 e. The van der Waals surface area contributed by atoms with E-state index >= 15 is 0 Å². The zero-order valence-corrected chi connectivity index (χ0v) is 9.99. The first-order chi connectivity index (χ1) is 7.02. The van der Waals surface area contributed by atoms with Crippen LogP contribution in [0.5, 0.6) is 0 Å². The van der Waals surface area contributed by atoms with E-state index in [1.54, 1.807) is 6.92 Å². The van der Waals surface area contributed by atoms with E-state index in [4.69, 9.17) is 10.5 Å². The van der Waals surface area contributed by atoms with Crippen LogP contribution in [0, 0.1) is 11.8 Å². The Morgan fingerprint density at radius 3 is 2.53 bits per heavy atom. The summed E-state index contributed by atoms with van der Waals surface area (Å²) in [5, 5.41) is 0. The average molecular weight is 211 g/mol. The molecule has 0 amide bonds. The van der Waals surface area contributed by atoms with E-state index in [0.29, 0.717) is 18.2 Å². The van der Waals surface area contributed by atoms with Gasteiger partial charge in [-0.1, -0.05) is 26.0 Å². The summed E-state index contributed by atoms with van der Waals surface area (Å²) in [6.07, 6.45) is 5.42. The van der Waals surface area contributed by atoms with Crippen LogP contribution in [0.2, 0.25) is 0 Å². The van der Waals surface area contributed by atoms with Crippen molar-refractivity contribution in [1.82, 2.24) is 0 Å². The van der Waals surface area contributed by atoms with Gasteiger partial charge in [0.05, 0.1) is 6.61 Å². The van der Waals surface area contributed by atoms with Crippen molar-refractivity contribution >= 4 is 5.97 Å². The molecule has 2 N–H and O–H groups in total. The Labute approximate surface area is 92.0 Å². The average Bonchev–Trinajstić information content (AvgIpc) is 2.17. The summed E-state index contributed by atoms with van der Waals surface area (Å²) in [4.78, 5) is 11.1. The Balaban J connectivity index is 4.41. The third-order valence-corrected chi connectivity index (χ3v) is 2.38. The van der Waals surface area contributed by atoms with Crippen LogP contribution in [0.1, 0.15) is 27.7 Å². The van der Waals surface area contributed by atoms with E-state index in [1.807, 2.05) is 19.9 Å². The first-order valence-electron chi connectivity index (χ1n) is 5.29. The summed E-state index contributed by atoms with van der Waals surface area (Å²) in [7, 11) is 0. The summed E-state index contributed by atoms with van der Waals surface area (Å²) >= 11 is 0. The molecule has 2 atom stereocenters. The fraction of sp³-hybridized carbons (Fsp3) is 0.583. The lowest BCUT2D eigenvalue weighted by atomic mass is 9.92. The highest BCUT2D eigenvalue weighted by Crippen LogP contribution is 2.17. The predicted molar refractivity (Wildman–Crippen MR) is 62.0 cm³/mol. The second kappa shape index (κ2) is 7.10. The molecule has 0 saturated carbocycles. The highest BCUT2D eigenvalue weighted by atomic mass is 16.5. The van der Waals surface area contributed by atoms with Crippen molar-refractivity contribution in [2.75, 3.05) is 6.61 Å². The van der Waals surface area contributed by atoms with Crippen LogP contribution in [0.25, 0.3) is 0 Å². The number of esters is 1. The topological polar surface area (TPSA) is 52.3 Å². The summed E-state index contributed by atoms with van der Waals surface area (Å²) in [5.74, 6) is 0.0980. The molecule has 0 heterocycles. The lowest BCUT2D eigenvalue weighted by Gasteiger charge is -2.16. The molecule has 3 heteroatoms. The van der Waals surface area contributed by atoms with Gasteiger partial charge in [0, 0.05) is 17.7 Å². The summed E-state index contributed by atoms with van der Waals surface area (Å²) < 4.78 is 4.79. The van der Waals surface area contributed by atoms with Crippen molar-refractivity contribution in [1.29, 1.82) is 0 Å². The molecule has 0 aromatic heterocycles. The van der Waals surface area contributed by atoms with E-state index < -0.39 is 0 Å². The Morgan fingerprint density at radius 1 is 1.47 bits per heavy atom. The summed E-state index contributed by atoms with van der Waals surface area (Å²) in [5.41, 5.74) is 6.37. The molecule has 0 saturated heterocycles. The molecular weight excluding hydrogens is 190 g/mol. The van der Waals surface area contributed by atoms with Crippen molar-refractivity contribution in [3.63, 3.8) is 0 Å². The van der Waals surface area contributed by atoms with Crippen molar-refractivity contribution in [3.8, 4) is 0 Å². The van der Waals surface area contributed by atoms with Gasteiger partial charge in [-0.15, -0.1) is 0 Å². The zero-order chi connectivity index (χ0) is 11.8. The van der Waals surface area contributed by atoms with Crippen molar-refractivity contribution in [3.05, 3.63) is 23.9 Å². The molecule has 0 aromatic rings. The Bertz CT molecular complexity index is 256. The molecule has 0 rings (SSSR count). The van der Waals surface area contributed by atoms with Gasteiger partial charge in [-0.05, 0) is 19.8 Å². The first-order valence-corrected chi connectivity index (χ1v) is 5.29. The Morgan fingerprint density at radius 2 is 2.07 bits per heavy atom. The highest BCUT2D eigenvalue weighted by Gasteiger charge is 2.13. The minimum absolute atomic E-state index is 0.144. The highest BCUT2D eigenvalue weighted by molar-refractivity contribution is 5.82. The number of ether oxygens (including phenoxy) is 1. The van der Waals surface area contributed by atoms with Gasteiger partial charge in [0.25, 0.3) is 0 Å². The van der Waals surface area contributed by atoms with Crippen LogP contribution in [0.15, 0.2) is 23.9 Å². The molecule has 86 valence electrons. The quantitative estimate of drug-likeness (QED) is 0.431. The minimum atomic E-state index is -0.366. The Hall–Kier alpha value is -1.25. The largest absolute Gasteiger partial charge is 0.463 e. The molecule has 0 aliphatic rings. The van der Waals surface area contributed by atoms with Gasteiger partial charge in [-0.2, -0.15) is 0 Å². The number of carbonyl (C=O) groups excluding carboxylic acids is 1. The summed E-state index contributed by atoms with van der Waals surface area (Å²) in [6.45, 7) is 8.18. The third kappa shape index (κ3) is 5.25. The second-order valence-electron chi connectivity index (χ2n) is 3.57. The van der Waals surface area contributed by atoms with Gasteiger partial charge in [0.15, 0.2) is 0 Å². The van der Waals surface area contributed by atoms with Gasteiger partial charge in [-0.3, -0.25) is 0 Å². The van der Waals surface area contributed by atoms with Gasteiger partial charge in [0.1, 0.15) is 0 Å². The van der Waals surface area contributed by atoms with Crippen molar-refractivity contribution < 1.29 is 9.53 Å². The van der Waals surface area contributed by atoms with E-state index in [9.17, 15) is 4.79 Å². The number of carbonyl (C=O) groups is 1. The van der Waals surface area contributed by atoms with Crippen LogP contribution in [0.3, 0.4) is 0 Å². The molecule has 3 nitrogen and oxygen atoms in total. The van der Waals surface area contributed by atoms with Crippen molar-refractivity contribution in [2.45, 2.75) is 27.7 Å². The molecular formula is C12H21NO2. The summed E-state index contributed by atoms with van der Waals surface area (Å²) in [6, 6.07) is 0. The maximum atomic E-state index is 11.1. The van der Waals surface area contributed by atoms with E-state index in [0.717, 1.165) is 0 Å². The number of rotatable bonds is 5. The number of nitrogens with two attached hydrogens (primary N) is 1. The monoisotopic (exact) mass is 211 g/mol. The van der Waals surface area contributed by atoms with E-state index in [2.05, 4.69) is 13.0 Å². The fourth-order valence-corrected chi connectivity index (χ4v) is 1.23. The minimum Gasteiger partial charge on any atom is -0.463 e. The zero-order valence-electron chi connectivity index (χ0n) is 9.99. The van der Waals surface area contributed by atoms with Gasteiger partial charge >= 0.3 is 5.97 Å². The molecule has 0 aliphatic carbocycles. The van der Waals surface area contributed by atoms with Crippen LogP contribution >= 0.6 is 0 Å². The van der Waals surface area contributed by atoms with Gasteiger partial charge < -0.3 is 10.5 Å². The molecule has 0 aromatic carbocycles. The Kier molecular flexibility index (Phi) is 6.50. The number of hydrogen-bond acceptors (Lipinski definition) is 3. The smallest absolute Gasteiger partial charge is 0.332 e. The van der Waals surface area contributed by atoms with Crippen LogP contribution < -0.4 is 5.73 Å². The molecule has 0 spiro atoms. The number of allylic oxidation sites excluding steroid dienone is 3. The molecule has 15 heavy (non-hydrogen) atoms. The lowest BCUT2D eigenvalue weighted by Crippen LogP contribution is -2.17. The molecule has 0 fully saturated rings. The third-order valence-electron chi connectivity index (χ3n) is 2.38. The van der Waals surface area contributed by atoms with Crippen molar-refractivity contribution in [2.24, 2.45) is 17.6 Å². The second-order valence-corrected chi connectivity index (χ2v) is 3.57. The SMILES string of the molecule is C/C=C/C(C)C(C)/C(N)=C/C(=O)OCC. The molecule has 2 unspecified atom stereocenters.